The maximum atomic E-state index is 5.40. The van der Waals surface area contributed by atoms with Crippen LogP contribution in [0.2, 0.25) is 0 Å². The van der Waals surface area contributed by atoms with Crippen molar-refractivity contribution < 1.29 is 4.84 Å². The minimum Gasteiger partial charge on any atom is -0.277 e. The predicted molar refractivity (Wildman–Crippen MR) is 79.0 cm³/mol. The number of benzene rings is 1. The summed E-state index contributed by atoms with van der Waals surface area (Å²) in [5.41, 5.74) is 2.76. The van der Waals surface area contributed by atoms with E-state index in [2.05, 4.69) is 58.9 Å². The third-order valence-electron chi connectivity index (χ3n) is 3.44. The van der Waals surface area contributed by atoms with Crippen molar-refractivity contribution in [1.29, 1.82) is 0 Å². The quantitative estimate of drug-likeness (QED) is 0.686. The monoisotopic (exact) mass is 249 g/mol. The Labute approximate surface area is 112 Å². The van der Waals surface area contributed by atoms with Crippen LogP contribution in [0.25, 0.3) is 0 Å². The maximum absolute atomic E-state index is 5.40. The fourth-order valence-electron chi connectivity index (χ4n) is 2.44. The largest absolute Gasteiger partial charge is 0.277 e. The molecule has 0 spiro atoms. The van der Waals surface area contributed by atoms with Gasteiger partial charge in [-0.05, 0) is 43.4 Å². The molecule has 2 nitrogen and oxygen atoms in total. The van der Waals surface area contributed by atoms with Gasteiger partial charge in [-0.25, -0.2) is 0 Å². The van der Waals surface area contributed by atoms with Crippen LogP contribution in [0.4, 0.5) is 5.69 Å². The van der Waals surface area contributed by atoms with Gasteiger partial charge < -0.3 is 0 Å². The molecule has 102 valence electrons. The molecule has 0 saturated carbocycles. The zero-order chi connectivity index (χ0) is 13.8. The van der Waals surface area contributed by atoms with Crippen molar-refractivity contribution in [1.82, 2.24) is 0 Å². The molecule has 0 heterocycles. The van der Waals surface area contributed by atoms with E-state index in [1.807, 2.05) is 5.06 Å². The van der Waals surface area contributed by atoms with Crippen molar-refractivity contribution in [3.05, 3.63) is 29.8 Å². The van der Waals surface area contributed by atoms with Crippen LogP contribution in [0.1, 0.15) is 53.0 Å². The highest BCUT2D eigenvalue weighted by atomic mass is 16.7. The SMILES string of the molecule is CCCC(C)(C)c1ccc(N(OC)C(C)C)cc1. The molecule has 2 heteroatoms. The molecule has 1 aromatic carbocycles. The summed E-state index contributed by atoms with van der Waals surface area (Å²) in [7, 11) is 1.72. The van der Waals surface area contributed by atoms with Gasteiger partial charge in [-0.1, -0.05) is 39.3 Å². The number of hydrogen-bond donors (Lipinski definition) is 0. The molecule has 0 aliphatic heterocycles. The van der Waals surface area contributed by atoms with Gasteiger partial charge in [-0.3, -0.25) is 9.90 Å². The van der Waals surface area contributed by atoms with Gasteiger partial charge in [-0.15, -0.1) is 0 Å². The normalized spacial score (nSPS) is 11.9. The molecule has 1 rings (SSSR count). The standard InChI is InChI=1S/C16H27NO/c1-7-12-16(4,5)14-8-10-15(11-9-14)17(18-6)13(2)3/h8-11,13H,7,12H2,1-6H3. The Kier molecular flexibility index (Phi) is 5.21. The molecular formula is C16H27NO. The number of hydroxylamine groups is 1. The summed E-state index contributed by atoms with van der Waals surface area (Å²) < 4.78 is 0. The number of nitrogens with zero attached hydrogens (tertiary/aromatic N) is 1. The van der Waals surface area contributed by atoms with Crippen LogP contribution in [0.3, 0.4) is 0 Å². The summed E-state index contributed by atoms with van der Waals surface area (Å²) in [6.07, 6.45) is 2.43. The smallest absolute Gasteiger partial charge is 0.0639 e. The third-order valence-corrected chi connectivity index (χ3v) is 3.44. The molecule has 0 radical (unpaired) electrons. The van der Waals surface area contributed by atoms with E-state index in [0.717, 1.165) is 5.69 Å². The average molecular weight is 249 g/mol. The summed E-state index contributed by atoms with van der Waals surface area (Å²) in [5.74, 6) is 0. The zero-order valence-corrected chi connectivity index (χ0v) is 12.7. The van der Waals surface area contributed by atoms with Crippen LogP contribution in [-0.2, 0) is 10.3 Å². The fraction of sp³-hybridized carbons (Fsp3) is 0.625. The van der Waals surface area contributed by atoms with E-state index in [1.165, 1.54) is 18.4 Å². The topological polar surface area (TPSA) is 12.5 Å². The molecule has 0 atom stereocenters. The van der Waals surface area contributed by atoms with Crippen LogP contribution < -0.4 is 5.06 Å². The third kappa shape index (κ3) is 3.49. The molecule has 0 saturated heterocycles. The minimum atomic E-state index is 0.253. The molecule has 1 aromatic rings. The Morgan fingerprint density at radius 3 is 2.11 bits per heavy atom. The van der Waals surface area contributed by atoms with Crippen molar-refractivity contribution in [2.24, 2.45) is 0 Å². The lowest BCUT2D eigenvalue weighted by molar-refractivity contribution is 0.148. The summed E-state index contributed by atoms with van der Waals surface area (Å²) in [5, 5.41) is 1.93. The molecular weight excluding hydrogens is 222 g/mol. The maximum Gasteiger partial charge on any atom is 0.0639 e. The molecule has 0 bridgehead atoms. The Morgan fingerprint density at radius 1 is 1.17 bits per heavy atom. The lowest BCUT2D eigenvalue weighted by Crippen LogP contribution is -2.29. The van der Waals surface area contributed by atoms with Gasteiger partial charge >= 0.3 is 0 Å². The van der Waals surface area contributed by atoms with Crippen molar-refractivity contribution in [2.45, 2.75) is 58.9 Å². The first kappa shape index (κ1) is 15.0. The second kappa shape index (κ2) is 6.24. The molecule has 0 unspecified atom stereocenters. The Bertz CT molecular complexity index is 354. The first-order valence-electron chi connectivity index (χ1n) is 6.86. The van der Waals surface area contributed by atoms with Gasteiger partial charge in [0.15, 0.2) is 0 Å². The summed E-state index contributed by atoms with van der Waals surface area (Å²) >= 11 is 0. The number of rotatable bonds is 6. The van der Waals surface area contributed by atoms with Crippen LogP contribution in [0.15, 0.2) is 24.3 Å². The predicted octanol–water partition coefficient (Wildman–Crippen LogP) is 4.54. The Morgan fingerprint density at radius 2 is 1.72 bits per heavy atom. The van der Waals surface area contributed by atoms with E-state index < -0.39 is 0 Å². The van der Waals surface area contributed by atoms with Crippen LogP contribution in [0, 0.1) is 0 Å². The Balaban J connectivity index is 2.92. The second-order valence-corrected chi connectivity index (χ2v) is 5.78. The zero-order valence-electron chi connectivity index (χ0n) is 12.7. The van der Waals surface area contributed by atoms with Gasteiger partial charge in [0.2, 0.25) is 0 Å². The van der Waals surface area contributed by atoms with E-state index in [0.29, 0.717) is 6.04 Å². The summed E-state index contributed by atoms with van der Waals surface area (Å²) in [6.45, 7) is 11.1. The van der Waals surface area contributed by atoms with Gasteiger partial charge in [0.1, 0.15) is 0 Å². The van der Waals surface area contributed by atoms with Crippen molar-refractivity contribution in [2.75, 3.05) is 12.2 Å². The first-order chi connectivity index (χ1) is 8.42. The average Bonchev–Trinajstić information content (AvgIpc) is 2.30. The van der Waals surface area contributed by atoms with E-state index in [1.54, 1.807) is 7.11 Å². The molecule has 18 heavy (non-hydrogen) atoms. The lowest BCUT2D eigenvalue weighted by Gasteiger charge is -2.28. The van der Waals surface area contributed by atoms with E-state index in [-0.39, 0.29) is 5.41 Å². The number of hydrogen-bond acceptors (Lipinski definition) is 2. The Hall–Kier alpha value is -1.02. The first-order valence-corrected chi connectivity index (χ1v) is 6.86. The van der Waals surface area contributed by atoms with Crippen molar-refractivity contribution in [3.8, 4) is 0 Å². The van der Waals surface area contributed by atoms with Gasteiger partial charge in [0, 0.05) is 0 Å². The molecule has 0 aliphatic rings. The van der Waals surface area contributed by atoms with E-state index in [4.69, 9.17) is 4.84 Å². The minimum absolute atomic E-state index is 0.253. The molecule has 0 fully saturated rings. The summed E-state index contributed by atoms with van der Waals surface area (Å²) in [4.78, 5) is 5.40. The van der Waals surface area contributed by atoms with Crippen LogP contribution in [0.5, 0.6) is 0 Å². The highest BCUT2D eigenvalue weighted by Crippen LogP contribution is 2.30. The van der Waals surface area contributed by atoms with Gasteiger partial charge in [-0.2, -0.15) is 0 Å². The molecule has 0 aromatic heterocycles. The van der Waals surface area contributed by atoms with E-state index >= 15 is 0 Å². The van der Waals surface area contributed by atoms with E-state index in [9.17, 15) is 0 Å². The fourth-order valence-corrected chi connectivity index (χ4v) is 2.44. The molecule has 0 aliphatic carbocycles. The highest BCUT2D eigenvalue weighted by molar-refractivity contribution is 5.47. The lowest BCUT2D eigenvalue weighted by atomic mass is 9.81. The van der Waals surface area contributed by atoms with Crippen LogP contribution >= 0.6 is 0 Å². The second-order valence-electron chi connectivity index (χ2n) is 5.78. The summed E-state index contributed by atoms with van der Waals surface area (Å²) in [6, 6.07) is 9.08. The highest BCUT2D eigenvalue weighted by Gasteiger charge is 2.19. The number of anilines is 1. The molecule has 0 amide bonds. The van der Waals surface area contributed by atoms with Crippen molar-refractivity contribution >= 4 is 5.69 Å². The van der Waals surface area contributed by atoms with Gasteiger partial charge in [0.05, 0.1) is 18.8 Å². The van der Waals surface area contributed by atoms with Crippen molar-refractivity contribution in [3.63, 3.8) is 0 Å². The van der Waals surface area contributed by atoms with Gasteiger partial charge in [0.25, 0.3) is 0 Å². The molecule has 0 N–H and O–H groups in total. The van der Waals surface area contributed by atoms with Crippen LogP contribution in [-0.4, -0.2) is 13.2 Å².